The van der Waals surface area contributed by atoms with Crippen LogP contribution in [-0.4, -0.2) is 0 Å². The van der Waals surface area contributed by atoms with Crippen molar-refractivity contribution in [2.45, 2.75) is 32.2 Å². The highest BCUT2D eigenvalue weighted by molar-refractivity contribution is 9.10. The van der Waals surface area contributed by atoms with Crippen LogP contribution in [0.4, 0.5) is 0 Å². The van der Waals surface area contributed by atoms with Crippen LogP contribution in [0, 0.1) is 0 Å². The van der Waals surface area contributed by atoms with Crippen LogP contribution in [0.5, 0.6) is 0 Å². The van der Waals surface area contributed by atoms with Gasteiger partial charge < -0.3 is 0 Å². The second-order valence-corrected chi connectivity index (χ2v) is 6.79. The average molecular weight is 339 g/mol. The SMILES string of the molecule is CC(C)c1ccc(C(Cc2sccc2Br)NN)cc1. The minimum Gasteiger partial charge on any atom is -0.271 e. The summed E-state index contributed by atoms with van der Waals surface area (Å²) in [4.78, 5) is 1.32. The Morgan fingerprint density at radius 1 is 1.16 bits per heavy atom. The van der Waals surface area contributed by atoms with E-state index in [0.717, 1.165) is 10.9 Å². The minimum absolute atomic E-state index is 0.149. The predicted molar refractivity (Wildman–Crippen MR) is 86.3 cm³/mol. The summed E-state index contributed by atoms with van der Waals surface area (Å²) in [5, 5.41) is 2.09. The smallest absolute Gasteiger partial charge is 0.0508 e. The molecule has 3 N–H and O–H groups in total. The molecule has 1 heterocycles. The van der Waals surface area contributed by atoms with Crippen LogP contribution in [-0.2, 0) is 6.42 Å². The lowest BCUT2D eigenvalue weighted by Crippen LogP contribution is -2.29. The highest BCUT2D eigenvalue weighted by Gasteiger charge is 2.13. The molecule has 0 aliphatic rings. The Balaban J connectivity index is 2.15. The van der Waals surface area contributed by atoms with Crippen LogP contribution in [0.2, 0.25) is 0 Å². The van der Waals surface area contributed by atoms with Gasteiger partial charge in [-0.05, 0) is 44.4 Å². The van der Waals surface area contributed by atoms with Gasteiger partial charge in [0.2, 0.25) is 0 Å². The van der Waals surface area contributed by atoms with Crippen molar-refractivity contribution in [2.75, 3.05) is 0 Å². The fraction of sp³-hybridized carbons (Fsp3) is 0.333. The Morgan fingerprint density at radius 2 is 1.79 bits per heavy atom. The molecular formula is C15H19BrN2S. The number of halogens is 1. The summed E-state index contributed by atoms with van der Waals surface area (Å²) < 4.78 is 1.16. The van der Waals surface area contributed by atoms with Gasteiger partial charge in [0, 0.05) is 15.8 Å². The summed E-state index contributed by atoms with van der Waals surface area (Å²) in [6, 6.07) is 10.9. The minimum atomic E-state index is 0.149. The maximum atomic E-state index is 5.71. The van der Waals surface area contributed by atoms with Gasteiger partial charge in [0.1, 0.15) is 0 Å². The van der Waals surface area contributed by atoms with E-state index in [4.69, 9.17) is 5.84 Å². The molecule has 2 aromatic rings. The highest BCUT2D eigenvalue weighted by Crippen LogP contribution is 2.28. The molecule has 2 nitrogen and oxygen atoms in total. The van der Waals surface area contributed by atoms with Crippen molar-refractivity contribution in [1.29, 1.82) is 0 Å². The molecule has 1 unspecified atom stereocenters. The first-order chi connectivity index (χ1) is 9.11. The maximum Gasteiger partial charge on any atom is 0.0508 e. The molecule has 1 atom stereocenters. The number of hydrazine groups is 1. The third-order valence-corrected chi connectivity index (χ3v) is 5.24. The summed E-state index contributed by atoms with van der Waals surface area (Å²) in [6.45, 7) is 4.41. The standard InChI is InChI=1S/C15H19BrN2S/c1-10(2)11-3-5-12(6-4-11)14(18-17)9-15-13(16)7-8-19-15/h3-8,10,14,18H,9,17H2,1-2H3. The Morgan fingerprint density at radius 3 is 2.26 bits per heavy atom. The first-order valence-electron chi connectivity index (χ1n) is 6.39. The Hall–Kier alpha value is -0.680. The topological polar surface area (TPSA) is 38.0 Å². The van der Waals surface area contributed by atoms with Crippen molar-refractivity contribution in [3.05, 3.63) is 56.2 Å². The van der Waals surface area contributed by atoms with E-state index in [2.05, 4.69) is 70.9 Å². The van der Waals surface area contributed by atoms with Crippen LogP contribution in [0.1, 0.15) is 41.8 Å². The van der Waals surface area contributed by atoms with Crippen LogP contribution in [0.15, 0.2) is 40.2 Å². The Bertz CT molecular complexity index is 519. The monoisotopic (exact) mass is 338 g/mol. The van der Waals surface area contributed by atoms with Gasteiger partial charge >= 0.3 is 0 Å². The molecular weight excluding hydrogens is 320 g/mol. The number of hydrogen-bond donors (Lipinski definition) is 2. The van der Waals surface area contributed by atoms with E-state index in [1.165, 1.54) is 16.0 Å². The second kappa shape index (κ2) is 6.66. The predicted octanol–water partition coefficient (Wildman–Crippen LogP) is 4.38. The number of thiophene rings is 1. The largest absolute Gasteiger partial charge is 0.271 e. The van der Waals surface area contributed by atoms with E-state index in [1.807, 2.05) is 0 Å². The van der Waals surface area contributed by atoms with Gasteiger partial charge in [0.05, 0.1) is 6.04 Å². The van der Waals surface area contributed by atoms with Gasteiger partial charge in [-0.25, -0.2) is 0 Å². The average Bonchev–Trinajstić information content (AvgIpc) is 2.81. The molecule has 0 fully saturated rings. The van der Waals surface area contributed by atoms with E-state index in [0.29, 0.717) is 5.92 Å². The molecule has 0 saturated carbocycles. The highest BCUT2D eigenvalue weighted by atomic mass is 79.9. The summed E-state index contributed by atoms with van der Waals surface area (Å²) in [7, 11) is 0. The lowest BCUT2D eigenvalue weighted by Gasteiger charge is -2.17. The van der Waals surface area contributed by atoms with Crippen molar-refractivity contribution < 1.29 is 0 Å². The van der Waals surface area contributed by atoms with Gasteiger partial charge in [0.25, 0.3) is 0 Å². The van der Waals surface area contributed by atoms with Crippen LogP contribution in [0.25, 0.3) is 0 Å². The quantitative estimate of drug-likeness (QED) is 0.627. The lowest BCUT2D eigenvalue weighted by atomic mass is 9.98. The molecule has 0 amide bonds. The van der Waals surface area contributed by atoms with Gasteiger partial charge in [-0.15, -0.1) is 11.3 Å². The normalized spacial score (nSPS) is 12.9. The molecule has 2 rings (SSSR count). The zero-order valence-electron chi connectivity index (χ0n) is 11.2. The molecule has 0 spiro atoms. The fourth-order valence-corrected chi connectivity index (χ4v) is 3.60. The summed E-state index contributed by atoms with van der Waals surface area (Å²) in [5.74, 6) is 6.27. The van der Waals surface area contributed by atoms with E-state index in [9.17, 15) is 0 Å². The van der Waals surface area contributed by atoms with Crippen LogP contribution in [0.3, 0.4) is 0 Å². The summed E-state index contributed by atoms with van der Waals surface area (Å²) >= 11 is 5.32. The molecule has 0 radical (unpaired) electrons. The molecule has 1 aromatic carbocycles. The first kappa shape index (κ1) is 14.7. The van der Waals surface area contributed by atoms with Gasteiger partial charge in [0.15, 0.2) is 0 Å². The van der Waals surface area contributed by atoms with Crippen molar-refractivity contribution >= 4 is 27.3 Å². The van der Waals surface area contributed by atoms with E-state index in [1.54, 1.807) is 11.3 Å². The number of rotatable bonds is 5. The zero-order chi connectivity index (χ0) is 13.8. The molecule has 4 heteroatoms. The van der Waals surface area contributed by atoms with Crippen LogP contribution >= 0.6 is 27.3 Å². The maximum absolute atomic E-state index is 5.71. The van der Waals surface area contributed by atoms with Crippen molar-refractivity contribution in [2.24, 2.45) is 5.84 Å². The molecule has 0 bridgehead atoms. The number of benzene rings is 1. The zero-order valence-corrected chi connectivity index (χ0v) is 13.6. The van der Waals surface area contributed by atoms with Crippen molar-refractivity contribution in [3.63, 3.8) is 0 Å². The summed E-state index contributed by atoms with van der Waals surface area (Å²) in [5.41, 5.74) is 5.51. The number of nitrogens with one attached hydrogen (secondary N) is 1. The Kier molecular flexibility index (Phi) is 5.16. The molecule has 1 aromatic heterocycles. The van der Waals surface area contributed by atoms with E-state index in [-0.39, 0.29) is 6.04 Å². The third kappa shape index (κ3) is 3.66. The molecule has 0 aliphatic heterocycles. The van der Waals surface area contributed by atoms with Crippen LogP contribution < -0.4 is 11.3 Å². The van der Waals surface area contributed by atoms with Gasteiger partial charge in [-0.1, -0.05) is 38.1 Å². The van der Waals surface area contributed by atoms with Gasteiger partial charge in [-0.2, -0.15) is 0 Å². The first-order valence-corrected chi connectivity index (χ1v) is 8.07. The van der Waals surface area contributed by atoms with Crippen molar-refractivity contribution in [1.82, 2.24) is 5.43 Å². The van der Waals surface area contributed by atoms with Crippen molar-refractivity contribution in [3.8, 4) is 0 Å². The number of nitrogens with two attached hydrogens (primary N) is 1. The fourth-order valence-electron chi connectivity index (χ4n) is 2.04. The third-order valence-electron chi connectivity index (χ3n) is 3.29. The number of hydrogen-bond acceptors (Lipinski definition) is 3. The molecule has 0 aliphatic carbocycles. The summed E-state index contributed by atoms with van der Waals surface area (Å²) in [6.07, 6.45) is 0.899. The molecule has 102 valence electrons. The Labute approximate surface area is 127 Å². The van der Waals surface area contributed by atoms with E-state index >= 15 is 0 Å². The van der Waals surface area contributed by atoms with E-state index < -0.39 is 0 Å². The van der Waals surface area contributed by atoms with Gasteiger partial charge in [-0.3, -0.25) is 11.3 Å². The second-order valence-electron chi connectivity index (χ2n) is 4.94. The molecule has 19 heavy (non-hydrogen) atoms. The molecule has 0 saturated heterocycles. The lowest BCUT2D eigenvalue weighted by molar-refractivity contribution is 0.554.